The number of aliphatic hydroxyl groups is 1. The summed E-state index contributed by atoms with van der Waals surface area (Å²) >= 11 is 0. The summed E-state index contributed by atoms with van der Waals surface area (Å²) in [4.78, 5) is 52.2. The summed E-state index contributed by atoms with van der Waals surface area (Å²) in [6, 6.07) is 4.68. The quantitative estimate of drug-likeness (QED) is 0.300. The van der Waals surface area contributed by atoms with Crippen LogP contribution in [-0.4, -0.2) is 72.3 Å². The number of aryl methyl sites for hydroxylation is 1. The summed E-state index contributed by atoms with van der Waals surface area (Å²) in [5.41, 5.74) is 0.527. The van der Waals surface area contributed by atoms with E-state index in [0.717, 1.165) is 18.4 Å². The second kappa shape index (κ2) is 14.3. The average Bonchev–Trinajstić information content (AvgIpc) is 2.79. The van der Waals surface area contributed by atoms with Gasteiger partial charge in [0.2, 0.25) is 11.8 Å². The van der Waals surface area contributed by atoms with Crippen molar-refractivity contribution in [1.29, 1.82) is 0 Å². The van der Waals surface area contributed by atoms with Crippen molar-refractivity contribution >= 4 is 23.9 Å². The fourth-order valence-electron chi connectivity index (χ4n) is 3.41. The Balaban J connectivity index is 3.38. The van der Waals surface area contributed by atoms with Gasteiger partial charge in [-0.15, -0.1) is 0 Å². The number of benzene rings is 1. The number of rotatable bonds is 12. The third kappa shape index (κ3) is 9.94. The molecule has 0 fully saturated rings. The molecule has 196 valence electrons. The van der Waals surface area contributed by atoms with Gasteiger partial charge in [0.25, 0.3) is 0 Å². The van der Waals surface area contributed by atoms with Crippen LogP contribution in [0.5, 0.6) is 0 Å². The smallest absolute Gasteiger partial charge is 0.408 e. The van der Waals surface area contributed by atoms with Crippen molar-refractivity contribution < 1.29 is 33.8 Å². The lowest BCUT2D eigenvalue weighted by molar-refractivity contribution is -0.145. The molecule has 0 bridgehead atoms. The minimum Gasteiger partial charge on any atom is -0.468 e. The zero-order valence-electron chi connectivity index (χ0n) is 21.6. The highest BCUT2D eigenvalue weighted by Crippen LogP contribution is 2.26. The van der Waals surface area contributed by atoms with Crippen LogP contribution >= 0.6 is 0 Å². The lowest BCUT2D eigenvalue weighted by Gasteiger charge is -2.34. The number of nitrogens with one attached hydrogen (secondary N) is 2. The molecule has 0 spiro atoms. The molecule has 2 unspecified atom stereocenters. The molecule has 3 N–H and O–H groups in total. The van der Waals surface area contributed by atoms with Crippen LogP contribution in [0.15, 0.2) is 24.3 Å². The van der Waals surface area contributed by atoms with Gasteiger partial charge in [-0.1, -0.05) is 44.0 Å². The number of alkyl carbamates (subject to hydrolysis) is 1. The maximum atomic E-state index is 13.6. The largest absolute Gasteiger partial charge is 0.468 e. The van der Waals surface area contributed by atoms with Gasteiger partial charge in [-0.25, -0.2) is 4.79 Å². The number of hydrogen-bond donors (Lipinski definition) is 3. The standard InChI is InChI=1S/C25H39N3O7/c1-7-8-11-14-28(23(32)19(16-29)27-24(33)35-25(3,4)5)21(18-13-10-9-12-17(18)2)22(31)26-15-20(30)34-6/h9-10,12-13,19,21,29H,7-8,11,14-16H2,1-6H3,(H,26,31)(H,27,33). The first-order valence-corrected chi connectivity index (χ1v) is 11.8. The van der Waals surface area contributed by atoms with E-state index < -0.39 is 48.2 Å². The lowest BCUT2D eigenvalue weighted by Crippen LogP contribution is -2.55. The molecule has 10 heteroatoms. The Kier molecular flexibility index (Phi) is 12.2. The molecule has 0 heterocycles. The number of hydrogen-bond acceptors (Lipinski definition) is 7. The summed E-state index contributed by atoms with van der Waals surface area (Å²) < 4.78 is 9.83. The van der Waals surface area contributed by atoms with E-state index in [4.69, 9.17) is 4.74 Å². The number of amides is 3. The first-order valence-electron chi connectivity index (χ1n) is 11.8. The van der Waals surface area contributed by atoms with Gasteiger partial charge in [0.15, 0.2) is 0 Å². The maximum Gasteiger partial charge on any atom is 0.408 e. The Morgan fingerprint density at radius 2 is 1.77 bits per heavy atom. The number of methoxy groups -OCH3 is 1. The van der Waals surface area contributed by atoms with Crippen LogP contribution in [0.25, 0.3) is 0 Å². The van der Waals surface area contributed by atoms with Crippen LogP contribution in [0.1, 0.15) is 64.1 Å². The predicted molar refractivity (Wildman–Crippen MR) is 130 cm³/mol. The normalized spacial score (nSPS) is 12.8. The topological polar surface area (TPSA) is 134 Å². The van der Waals surface area contributed by atoms with Gasteiger partial charge in [0, 0.05) is 6.54 Å². The fraction of sp³-hybridized carbons (Fsp3) is 0.600. The molecule has 0 saturated heterocycles. The molecular formula is C25H39N3O7. The minimum absolute atomic E-state index is 0.198. The van der Waals surface area contributed by atoms with Gasteiger partial charge in [0.05, 0.1) is 13.7 Å². The third-order valence-corrected chi connectivity index (χ3v) is 5.13. The Morgan fingerprint density at radius 3 is 2.31 bits per heavy atom. The molecule has 2 atom stereocenters. The maximum absolute atomic E-state index is 13.6. The summed E-state index contributed by atoms with van der Waals surface area (Å²) in [5.74, 6) is -1.86. The van der Waals surface area contributed by atoms with Crippen molar-refractivity contribution in [3.8, 4) is 0 Å². The van der Waals surface area contributed by atoms with E-state index in [1.54, 1.807) is 32.9 Å². The van der Waals surface area contributed by atoms with Crippen molar-refractivity contribution in [2.45, 2.75) is 71.6 Å². The van der Waals surface area contributed by atoms with Crippen LogP contribution in [0, 0.1) is 6.92 Å². The summed E-state index contributed by atoms with van der Waals surface area (Å²) in [5, 5.41) is 14.9. The first-order chi connectivity index (χ1) is 16.4. The van der Waals surface area contributed by atoms with E-state index in [-0.39, 0.29) is 13.1 Å². The monoisotopic (exact) mass is 493 g/mol. The molecule has 1 rings (SSSR count). The second-order valence-corrected chi connectivity index (χ2v) is 9.17. The molecule has 1 aromatic carbocycles. The van der Waals surface area contributed by atoms with Gasteiger partial charge in [-0.05, 0) is 45.2 Å². The molecule has 0 aliphatic rings. The van der Waals surface area contributed by atoms with E-state index in [1.807, 2.05) is 26.0 Å². The van der Waals surface area contributed by atoms with E-state index >= 15 is 0 Å². The summed E-state index contributed by atoms with van der Waals surface area (Å²) in [6.07, 6.45) is 1.42. The highest BCUT2D eigenvalue weighted by molar-refractivity contribution is 5.93. The highest BCUT2D eigenvalue weighted by Gasteiger charge is 2.36. The SMILES string of the molecule is CCCCCN(C(=O)C(CO)NC(=O)OC(C)(C)C)C(C(=O)NCC(=O)OC)c1ccccc1C. The van der Waals surface area contributed by atoms with Gasteiger partial charge in [-0.3, -0.25) is 14.4 Å². The molecule has 0 aliphatic heterocycles. The van der Waals surface area contributed by atoms with Gasteiger partial charge < -0.3 is 30.1 Å². The highest BCUT2D eigenvalue weighted by atomic mass is 16.6. The lowest BCUT2D eigenvalue weighted by atomic mass is 9.97. The Labute approximate surface area is 207 Å². The van der Waals surface area contributed by atoms with Crippen LogP contribution in [0.4, 0.5) is 4.79 Å². The van der Waals surface area contributed by atoms with Crippen LogP contribution in [0.2, 0.25) is 0 Å². The molecule has 0 saturated carbocycles. The van der Waals surface area contributed by atoms with Crippen molar-refractivity contribution in [3.63, 3.8) is 0 Å². The zero-order chi connectivity index (χ0) is 26.6. The first kappa shape index (κ1) is 29.9. The second-order valence-electron chi connectivity index (χ2n) is 9.17. The van der Waals surface area contributed by atoms with Crippen molar-refractivity contribution in [1.82, 2.24) is 15.5 Å². The van der Waals surface area contributed by atoms with Crippen LogP contribution in [-0.2, 0) is 23.9 Å². The number of aliphatic hydroxyl groups excluding tert-OH is 1. The molecule has 1 aromatic rings. The Bertz CT molecular complexity index is 867. The van der Waals surface area contributed by atoms with E-state index in [1.165, 1.54) is 12.0 Å². The fourth-order valence-corrected chi connectivity index (χ4v) is 3.41. The van der Waals surface area contributed by atoms with Gasteiger partial charge >= 0.3 is 12.1 Å². The number of carbonyl (C=O) groups is 4. The molecular weight excluding hydrogens is 454 g/mol. The molecule has 0 radical (unpaired) electrons. The van der Waals surface area contributed by atoms with Gasteiger partial charge in [0.1, 0.15) is 24.2 Å². The van der Waals surface area contributed by atoms with E-state index in [0.29, 0.717) is 12.0 Å². The molecule has 35 heavy (non-hydrogen) atoms. The van der Waals surface area contributed by atoms with E-state index in [9.17, 15) is 24.3 Å². The molecule has 0 aromatic heterocycles. The predicted octanol–water partition coefficient (Wildman–Crippen LogP) is 2.23. The minimum atomic E-state index is -1.33. The van der Waals surface area contributed by atoms with E-state index in [2.05, 4.69) is 15.4 Å². The summed E-state index contributed by atoms with van der Waals surface area (Å²) in [7, 11) is 1.21. The number of nitrogens with zero attached hydrogens (tertiary/aromatic N) is 1. The number of esters is 1. The van der Waals surface area contributed by atoms with Gasteiger partial charge in [-0.2, -0.15) is 0 Å². The number of ether oxygens (including phenoxy) is 2. The van der Waals surface area contributed by atoms with Crippen LogP contribution < -0.4 is 10.6 Å². The molecule has 0 aliphatic carbocycles. The Hall–Kier alpha value is -3.14. The average molecular weight is 494 g/mol. The summed E-state index contributed by atoms with van der Waals surface area (Å²) in [6.45, 7) is 8.00. The number of carbonyl (C=O) groups excluding carboxylic acids is 4. The molecule has 3 amide bonds. The zero-order valence-corrected chi connectivity index (χ0v) is 21.6. The van der Waals surface area contributed by atoms with Crippen molar-refractivity contribution in [2.24, 2.45) is 0 Å². The number of unbranched alkanes of at least 4 members (excludes halogenated alkanes) is 2. The molecule has 10 nitrogen and oxygen atoms in total. The van der Waals surface area contributed by atoms with Crippen molar-refractivity contribution in [2.75, 3.05) is 26.8 Å². The van der Waals surface area contributed by atoms with Crippen molar-refractivity contribution in [3.05, 3.63) is 35.4 Å². The Morgan fingerprint density at radius 1 is 1.11 bits per heavy atom. The third-order valence-electron chi connectivity index (χ3n) is 5.13. The van der Waals surface area contributed by atoms with Crippen LogP contribution in [0.3, 0.4) is 0 Å².